The largest absolute Gasteiger partial charge is 0.391 e. The van der Waals surface area contributed by atoms with Crippen LogP contribution in [0.1, 0.15) is 23.4 Å². The second kappa shape index (κ2) is 6.46. The molecule has 0 aliphatic heterocycles. The van der Waals surface area contributed by atoms with Crippen molar-refractivity contribution in [1.29, 1.82) is 0 Å². The highest BCUT2D eigenvalue weighted by Crippen LogP contribution is 2.30. The highest BCUT2D eigenvalue weighted by atomic mass is 35.5. The number of sulfonamides is 1. The second-order valence-corrected chi connectivity index (χ2v) is 8.46. The molecule has 1 atom stereocenters. The van der Waals surface area contributed by atoms with Gasteiger partial charge in [0.25, 0.3) is 10.0 Å². The van der Waals surface area contributed by atoms with Gasteiger partial charge in [-0.3, -0.25) is 0 Å². The van der Waals surface area contributed by atoms with E-state index in [0.29, 0.717) is 9.90 Å². The zero-order valence-electron chi connectivity index (χ0n) is 11.7. The summed E-state index contributed by atoms with van der Waals surface area (Å²) in [5.74, 6) is 0. The lowest BCUT2D eigenvalue weighted by Gasteiger charge is -2.24. The Morgan fingerprint density at radius 1 is 1.24 bits per heavy atom. The number of aliphatic hydroxyl groups is 1. The quantitative estimate of drug-likeness (QED) is 0.904. The molecule has 1 N–H and O–H groups in total. The summed E-state index contributed by atoms with van der Waals surface area (Å²) in [5.41, 5.74) is 0.865. The maximum atomic E-state index is 12.6. The van der Waals surface area contributed by atoms with Crippen molar-refractivity contribution < 1.29 is 13.5 Å². The fraction of sp³-hybridized carbons (Fsp3) is 0.286. The molecule has 0 aliphatic carbocycles. The van der Waals surface area contributed by atoms with E-state index < -0.39 is 10.0 Å². The maximum absolute atomic E-state index is 12.6. The van der Waals surface area contributed by atoms with Gasteiger partial charge in [-0.15, -0.1) is 11.3 Å². The Hall–Kier alpha value is -0.920. The van der Waals surface area contributed by atoms with Crippen molar-refractivity contribution in [3.8, 4) is 0 Å². The minimum absolute atomic E-state index is 0.156. The number of thiophene rings is 1. The van der Waals surface area contributed by atoms with E-state index in [1.807, 2.05) is 19.1 Å². The molecular weight excluding hydrogens is 330 g/mol. The van der Waals surface area contributed by atoms with Crippen LogP contribution in [0.2, 0.25) is 5.02 Å². The Labute approximate surface area is 133 Å². The van der Waals surface area contributed by atoms with Crippen LogP contribution in [0, 0.1) is 0 Å². The van der Waals surface area contributed by atoms with Gasteiger partial charge >= 0.3 is 0 Å². The molecule has 0 saturated carbocycles. The lowest BCUT2D eigenvalue weighted by Crippen LogP contribution is -2.29. The first-order valence-electron chi connectivity index (χ1n) is 6.29. The maximum Gasteiger partial charge on any atom is 0.252 e. The summed E-state index contributed by atoms with van der Waals surface area (Å²) < 4.78 is 26.7. The van der Waals surface area contributed by atoms with Crippen LogP contribution in [-0.4, -0.2) is 24.9 Å². The van der Waals surface area contributed by atoms with Gasteiger partial charge in [0.1, 0.15) is 4.21 Å². The van der Waals surface area contributed by atoms with Crippen LogP contribution in [0.3, 0.4) is 0 Å². The molecule has 0 bridgehead atoms. The third-order valence-corrected chi connectivity index (χ3v) is 7.04. The highest BCUT2D eigenvalue weighted by molar-refractivity contribution is 7.91. The second-order valence-electron chi connectivity index (χ2n) is 4.63. The minimum Gasteiger partial charge on any atom is -0.391 e. The van der Waals surface area contributed by atoms with Crippen molar-refractivity contribution in [3.63, 3.8) is 0 Å². The molecule has 0 amide bonds. The first-order chi connectivity index (χ1) is 9.86. The number of aliphatic hydroxyl groups excluding tert-OH is 1. The molecular formula is C14H16ClNO3S2. The Balaban J connectivity index is 2.28. The van der Waals surface area contributed by atoms with E-state index in [0.717, 1.165) is 16.9 Å². The molecule has 7 heteroatoms. The fourth-order valence-electron chi connectivity index (χ4n) is 1.88. The van der Waals surface area contributed by atoms with Gasteiger partial charge in [0.15, 0.2) is 0 Å². The van der Waals surface area contributed by atoms with Crippen LogP contribution in [0.5, 0.6) is 0 Å². The number of nitrogens with zero attached hydrogens (tertiary/aromatic N) is 1. The third kappa shape index (κ3) is 3.46. The summed E-state index contributed by atoms with van der Waals surface area (Å²) in [7, 11) is -2.03. The molecule has 0 aliphatic rings. The normalized spacial score (nSPS) is 13.6. The number of halogens is 1. The smallest absolute Gasteiger partial charge is 0.252 e. The molecule has 0 spiro atoms. The Morgan fingerprint density at radius 2 is 1.86 bits per heavy atom. The van der Waals surface area contributed by atoms with Crippen molar-refractivity contribution in [2.45, 2.75) is 23.8 Å². The van der Waals surface area contributed by atoms with Crippen molar-refractivity contribution in [2.24, 2.45) is 0 Å². The van der Waals surface area contributed by atoms with Gasteiger partial charge in [0.05, 0.1) is 6.61 Å². The third-order valence-electron chi connectivity index (χ3n) is 3.32. The van der Waals surface area contributed by atoms with Gasteiger partial charge in [-0.05, 0) is 36.8 Å². The Bertz CT molecular complexity index is 710. The standard InChI is InChI=1S/C14H16ClNO3S2/c1-10(11-3-5-12(15)6-4-11)16(2)21(18,19)14-8-7-13(9-17)20-14/h3-8,10,17H,9H2,1-2H3. The van der Waals surface area contributed by atoms with Gasteiger partial charge < -0.3 is 5.11 Å². The van der Waals surface area contributed by atoms with Gasteiger partial charge in [-0.1, -0.05) is 23.7 Å². The van der Waals surface area contributed by atoms with Crippen molar-refractivity contribution in [3.05, 3.63) is 51.9 Å². The van der Waals surface area contributed by atoms with E-state index in [1.165, 1.54) is 10.4 Å². The molecule has 21 heavy (non-hydrogen) atoms. The minimum atomic E-state index is -3.58. The molecule has 0 radical (unpaired) electrons. The lowest BCUT2D eigenvalue weighted by atomic mass is 10.1. The molecule has 0 fully saturated rings. The van der Waals surface area contributed by atoms with Crippen LogP contribution in [0.4, 0.5) is 0 Å². The summed E-state index contributed by atoms with van der Waals surface area (Å²) >= 11 is 6.93. The number of hydrogen-bond donors (Lipinski definition) is 1. The topological polar surface area (TPSA) is 57.6 Å². The molecule has 1 unspecified atom stereocenters. The van der Waals surface area contributed by atoms with E-state index in [1.54, 1.807) is 25.2 Å². The van der Waals surface area contributed by atoms with Crippen LogP contribution in [0.25, 0.3) is 0 Å². The molecule has 4 nitrogen and oxygen atoms in total. The van der Waals surface area contributed by atoms with Crippen LogP contribution >= 0.6 is 22.9 Å². The van der Waals surface area contributed by atoms with E-state index in [-0.39, 0.29) is 16.9 Å². The molecule has 114 valence electrons. The van der Waals surface area contributed by atoms with Crippen molar-refractivity contribution in [1.82, 2.24) is 4.31 Å². The zero-order chi connectivity index (χ0) is 15.6. The molecule has 2 rings (SSSR count). The molecule has 0 saturated heterocycles. The fourth-order valence-corrected chi connectivity index (χ4v) is 4.76. The average Bonchev–Trinajstić information content (AvgIpc) is 2.96. The summed E-state index contributed by atoms with van der Waals surface area (Å²) in [5, 5.41) is 9.67. The molecule has 1 aromatic carbocycles. The van der Waals surface area contributed by atoms with Gasteiger partial charge in [-0.25, -0.2) is 8.42 Å². The summed E-state index contributed by atoms with van der Waals surface area (Å²) in [6.07, 6.45) is 0. The van der Waals surface area contributed by atoms with Crippen LogP contribution < -0.4 is 0 Å². The Kier molecular flexibility index (Phi) is 5.06. The van der Waals surface area contributed by atoms with E-state index in [2.05, 4.69) is 0 Å². The summed E-state index contributed by atoms with van der Waals surface area (Å²) in [6, 6.07) is 9.94. The SMILES string of the molecule is CC(c1ccc(Cl)cc1)N(C)S(=O)(=O)c1ccc(CO)s1. The van der Waals surface area contributed by atoms with Crippen LogP contribution in [0.15, 0.2) is 40.6 Å². The number of benzene rings is 1. The number of rotatable bonds is 5. The first kappa shape index (κ1) is 16.5. The van der Waals surface area contributed by atoms with Crippen molar-refractivity contribution in [2.75, 3.05) is 7.05 Å². The van der Waals surface area contributed by atoms with Crippen molar-refractivity contribution >= 4 is 33.0 Å². The molecule has 1 aromatic heterocycles. The van der Waals surface area contributed by atoms with Gasteiger partial charge in [-0.2, -0.15) is 4.31 Å². The summed E-state index contributed by atoms with van der Waals surface area (Å²) in [6.45, 7) is 1.66. The zero-order valence-corrected chi connectivity index (χ0v) is 14.0. The van der Waals surface area contributed by atoms with Gasteiger partial charge in [0, 0.05) is 23.0 Å². The lowest BCUT2D eigenvalue weighted by molar-refractivity contribution is 0.285. The average molecular weight is 346 g/mol. The Morgan fingerprint density at radius 3 is 2.38 bits per heavy atom. The summed E-state index contributed by atoms with van der Waals surface area (Å²) in [4.78, 5) is 0.626. The predicted molar refractivity (Wildman–Crippen MR) is 85.1 cm³/mol. The van der Waals surface area contributed by atoms with Gasteiger partial charge in [0.2, 0.25) is 0 Å². The predicted octanol–water partition coefficient (Wildman–Crippen LogP) is 3.28. The molecule has 2 aromatic rings. The van der Waals surface area contributed by atoms with E-state index >= 15 is 0 Å². The highest BCUT2D eigenvalue weighted by Gasteiger charge is 2.27. The van der Waals surface area contributed by atoms with Crippen LogP contribution in [-0.2, 0) is 16.6 Å². The molecule has 1 heterocycles. The number of hydrogen-bond acceptors (Lipinski definition) is 4. The van der Waals surface area contributed by atoms with E-state index in [9.17, 15) is 8.42 Å². The first-order valence-corrected chi connectivity index (χ1v) is 8.93. The monoisotopic (exact) mass is 345 g/mol. The van der Waals surface area contributed by atoms with E-state index in [4.69, 9.17) is 16.7 Å².